The summed E-state index contributed by atoms with van der Waals surface area (Å²) in [5.74, 6) is 0.993. The normalized spacial score (nSPS) is 14.6. The van der Waals surface area contributed by atoms with Crippen LogP contribution in [0.1, 0.15) is 42.1 Å². The van der Waals surface area contributed by atoms with Gasteiger partial charge in [-0.15, -0.1) is 11.3 Å². The molecular weight excluding hydrogens is 266 g/mol. The van der Waals surface area contributed by atoms with Crippen molar-refractivity contribution in [3.8, 4) is 0 Å². The predicted molar refractivity (Wildman–Crippen MR) is 85.2 cm³/mol. The third-order valence-corrected chi connectivity index (χ3v) is 4.87. The van der Waals surface area contributed by atoms with Crippen LogP contribution in [0.5, 0.6) is 0 Å². The molecule has 2 atom stereocenters. The van der Waals surface area contributed by atoms with Gasteiger partial charge in [0, 0.05) is 16.3 Å². The summed E-state index contributed by atoms with van der Waals surface area (Å²) >= 11 is 1.81. The molecule has 0 saturated carbocycles. The zero-order chi connectivity index (χ0) is 14.1. The Labute approximate surface area is 123 Å². The number of para-hydroxylation sites is 1. The topological polar surface area (TPSA) is 25.2 Å². The molecule has 0 bridgehead atoms. The fraction of sp³-hybridized carbons (Fsp3) is 0.294. The molecule has 0 saturated heterocycles. The van der Waals surface area contributed by atoms with Crippen LogP contribution in [-0.2, 0) is 0 Å². The third-order valence-electron chi connectivity index (χ3n) is 3.67. The summed E-state index contributed by atoms with van der Waals surface area (Å²) in [5.41, 5.74) is 2.31. The van der Waals surface area contributed by atoms with Crippen molar-refractivity contribution in [3.05, 3.63) is 58.0 Å². The Kier molecular flexibility index (Phi) is 3.64. The fourth-order valence-corrected chi connectivity index (χ4v) is 3.52. The van der Waals surface area contributed by atoms with Gasteiger partial charge in [-0.2, -0.15) is 0 Å². The second kappa shape index (κ2) is 5.43. The molecule has 0 aliphatic carbocycles. The van der Waals surface area contributed by atoms with E-state index in [1.807, 2.05) is 18.2 Å². The quantitative estimate of drug-likeness (QED) is 0.711. The van der Waals surface area contributed by atoms with Gasteiger partial charge in [-0.3, -0.25) is 0 Å². The van der Waals surface area contributed by atoms with Gasteiger partial charge in [-0.05, 0) is 49.9 Å². The first-order chi connectivity index (χ1) is 9.65. The van der Waals surface area contributed by atoms with Crippen LogP contribution in [0.25, 0.3) is 11.0 Å². The van der Waals surface area contributed by atoms with Gasteiger partial charge in [-0.1, -0.05) is 18.2 Å². The molecule has 1 aromatic carbocycles. The second-order valence-corrected chi connectivity index (χ2v) is 6.21. The molecule has 0 spiro atoms. The predicted octanol–water partition coefficient (Wildman–Crippen LogP) is 5.21. The van der Waals surface area contributed by atoms with Gasteiger partial charge < -0.3 is 9.73 Å². The third kappa shape index (κ3) is 2.51. The first-order valence-corrected chi connectivity index (χ1v) is 7.81. The maximum atomic E-state index is 5.92. The second-order valence-electron chi connectivity index (χ2n) is 5.26. The van der Waals surface area contributed by atoms with Gasteiger partial charge >= 0.3 is 0 Å². The smallest absolute Gasteiger partial charge is 0.134 e. The molecule has 3 heteroatoms. The van der Waals surface area contributed by atoms with Crippen LogP contribution in [0.15, 0.2) is 46.2 Å². The van der Waals surface area contributed by atoms with E-state index < -0.39 is 0 Å². The van der Waals surface area contributed by atoms with Crippen molar-refractivity contribution in [1.82, 2.24) is 5.32 Å². The number of rotatable bonds is 4. The van der Waals surface area contributed by atoms with Gasteiger partial charge in [0.2, 0.25) is 0 Å². The molecule has 0 amide bonds. The number of hydrogen-bond acceptors (Lipinski definition) is 3. The van der Waals surface area contributed by atoms with Gasteiger partial charge in [0.1, 0.15) is 11.3 Å². The largest absolute Gasteiger partial charge is 0.459 e. The monoisotopic (exact) mass is 285 g/mol. The van der Waals surface area contributed by atoms with Crippen molar-refractivity contribution in [1.29, 1.82) is 0 Å². The highest BCUT2D eigenvalue weighted by Crippen LogP contribution is 2.28. The van der Waals surface area contributed by atoms with E-state index in [9.17, 15) is 0 Å². The van der Waals surface area contributed by atoms with Crippen molar-refractivity contribution in [2.45, 2.75) is 32.9 Å². The molecule has 104 valence electrons. The molecule has 0 fully saturated rings. The summed E-state index contributed by atoms with van der Waals surface area (Å²) in [6.45, 7) is 6.52. The fourth-order valence-electron chi connectivity index (χ4n) is 2.58. The Balaban J connectivity index is 1.79. The lowest BCUT2D eigenvalue weighted by atomic mass is 10.1. The number of hydrogen-bond donors (Lipinski definition) is 1. The van der Waals surface area contributed by atoms with Gasteiger partial charge in [0.25, 0.3) is 0 Å². The number of fused-ring (bicyclic) bond motifs is 1. The van der Waals surface area contributed by atoms with Crippen molar-refractivity contribution < 1.29 is 4.42 Å². The van der Waals surface area contributed by atoms with Crippen molar-refractivity contribution in [3.63, 3.8) is 0 Å². The minimum atomic E-state index is 0.193. The summed E-state index contributed by atoms with van der Waals surface area (Å²) in [6.07, 6.45) is 0. The van der Waals surface area contributed by atoms with Crippen molar-refractivity contribution >= 4 is 22.3 Å². The first kappa shape index (κ1) is 13.4. The average molecular weight is 285 g/mol. The van der Waals surface area contributed by atoms with Gasteiger partial charge in [-0.25, -0.2) is 0 Å². The van der Waals surface area contributed by atoms with Crippen LogP contribution in [0, 0.1) is 6.92 Å². The molecule has 2 aromatic heterocycles. The van der Waals surface area contributed by atoms with Crippen LogP contribution in [-0.4, -0.2) is 0 Å². The standard InChI is InChI=1S/C17H19NOS/c1-11-8-9-20-17(11)13(3)18-12(2)16-10-14-6-4-5-7-15(14)19-16/h4-10,12-13,18H,1-3H3. The molecule has 2 unspecified atom stereocenters. The van der Waals surface area contributed by atoms with E-state index in [4.69, 9.17) is 4.42 Å². The molecule has 2 heterocycles. The minimum absolute atomic E-state index is 0.193. The van der Waals surface area contributed by atoms with E-state index in [0.717, 1.165) is 16.7 Å². The van der Waals surface area contributed by atoms with E-state index in [2.05, 4.69) is 49.7 Å². The van der Waals surface area contributed by atoms with Crippen LogP contribution in [0.4, 0.5) is 0 Å². The van der Waals surface area contributed by atoms with E-state index in [-0.39, 0.29) is 6.04 Å². The van der Waals surface area contributed by atoms with E-state index in [1.54, 1.807) is 11.3 Å². The van der Waals surface area contributed by atoms with E-state index >= 15 is 0 Å². The average Bonchev–Trinajstić information content (AvgIpc) is 3.04. The zero-order valence-corrected chi connectivity index (χ0v) is 12.8. The molecule has 20 heavy (non-hydrogen) atoms. The maximum absolute atomic E-state index is 5.92. The summed E-state index contributed by atoms with van der Waals surface area (Å²) in [6, 6.07) is 13.0. The molecule has 0 aliphatic rings. The number of aryl methyl sites for hydroxylation is 1. The Morgan fingerprint density at radius 2 is 1.90 bits per heavy atom. The van der Waals surface area contributed by atoms with Crippen LogP contribution < -0.4 is 5.32 Å². The summed E-state index contributed by atoms with van der Waals surface area (Å²) < 4.78 is 5.92. The highest BCUT2D eigenvalue weighted by Gasteiger charge is 2.16. The Morgan fingerprint density at radius 1 is 1.10 bits per heavy atom. The number of furan rings is 1. The summed E-state index contributed by atoms with van der Waals surface area (Å²) in [5, 5.41) is 6.93. The Bertz CT molecular complexity index is 679. The SMILES string of the molecule is Cc1ccsc1C(C)NC(C)c1cc2ccccc2o1. The molecule has 3 aromatic rings. The lowest BCUT2D eigenvalue weighted by Crippen LogP contribution is -2.21. The van der Waals surface area contributed by atoms with Crippen LogP contribution in [0.3, 0.4) is 0 Å². The first-order valence-electron chi connectivity index (χ1n) is 6.93. The van der Waals surface area contributed by atoms with Gasteiger partial charge in [0.15, 0.2) is 0 Å². The van der Waals surface area contributed by atoms with Crippen LogP contribution >= 0.6 is 11.3 Å². The number of benzene rings is 1. The van der Waals surface area contributed by atoms with Crippen LogP contribution in [0.2, 0.25) is 0 Å². The van der Waals surface area contributed by atoms with Crippen molar-refractivity contribution in [2.24, 2.45) is 0 Å². The van der Waals surface area contributed by atoms with Gasteiger partial charge in [0.05, 0.1) is 6.04 Å². The molecule has 3 rings (SSSR count). The maximum Gasteiger partial charge on any atom is 0.134 e. The highest BCUT2D eigenvalue weighted by atomic mass is 32.1. The minimum Gasteiger partial charge on any atom is -0.459 e. The summed E-state index contributed by atoms with van der Waals surface area (Å²) in [4.78, 5) is 1.40. The number of nitrogens with one attached hydrogen (secondary N) is 1. The highest BCUT2D eigenvalue weighted by molar-refractivity contribution is 7.10. The van der Waals surface area contributed by atoms with E-state index in [1.165, 1.54) is 10.4 Å². The lowest BCUT2D eigenvalue weighted by Gasteiger charge is -2.18. The Hall–Kier alpha value is -1.58. The summed E-state index contributed by atoms with van der Waals surface area (Å²) in [7, 11) is 0. The molecular formula is C17H19NOS. The Morgan fingerprint density at radius 3 is 2.60 bits per heavy atom. The number of thiophene rings is 1. The molecule has 0 aliphatic heterocycles. The molecule has 0 radical (unpaired) electrons. The lowest BCUT2D eigenvalue weighted by molar-refractivity contribution is 0.419. The van der Waals surface area contributed by atoms with E-state index in [0.29, 0.717) is 6.04 Å². The van der Waals surface area contributed by atoms with Crippen molar-refractivity contribution in [2.75, 3.05) is 0 Å². The molecule has 1 N–H and O–H groups in total. The molecule has 2 nitrogen and oxygen atoms in total. The zero-order valence-electron chi connectivity index (χ0n) is 12.0.